The predicted octanol–water partition coefficient (Wildman–Crippen LogP) is 1.92. The van der Waals surface area contributed by atoms with Gasteiger partial charge >= 0.3 is 0 Å². The van der Waals surface area contributed by atoms with Gasteiger partial charge < -0.3 is 5.32 Å². The van der Waals surface area contributed by atoms with Crippen LogP contribution in [0, 0.1) is 0 Å². The molecule has 80 valence electrons. The Labute approximate surface area is 95.8 Å². The van der Waals surface area contributed by atoms with Gasteiger partial charge in [0.25, 0.3) is 0 Å². The molecule has 0 amide bonds. The lowest BCUT2D eigenvalue weighted by atomic mass is 10.4. The van der Waals surface area contributed by atoms with Crippen LogP contribution < -0.4 is 5.32 Å². The third-order valence-corrected chi connectivity index (χ3v) is 3.06. The highest BCUT2D eigenvalue weighted by Gasteiger charge is 2.09. The van der Waals surface area contributed by atoms with Crippen molar-refractivity contribution in [2.24, 2.45) is 0 Å². The molecule has 0 unspecified atom stereocenters. The Balaban J connectivity index is 2.33. The summed E-state index contributed by atoms with van der Waals surface area (Å²) in [5.74, 6) is 1.42. The van der Waals surface area contributed by atoms with Crippen molar-refractivity contribution in [3.8, 4) is 5.82 Å². The van der Waals surface area contributed by atoms with E-state index in [1.54, 1.807) is 22.2 Å². The lowest BCUT2D eigenvalue weighted by Crippen LogP contribution is -2.03. The monoisotopic (exact) mass is 231 g/mol. The van der Waals surface area contributed by atoms with E-state index in [4.69, 9.17) is 0 Å². The standard InChI is InChI=1S/C10H9N5S/c1-11-10-13-8(15-5-2-4-12-15)7-3-6-16-9(7)14-10/h2-6H,1H3,(H,11,13,14). The van der Waals surface area contributed by atoms with Gasteiger partial charge in [-0.3, -0.25) is 0 Å². The first-order chi connectivity index (χ1) is 7.88. The van der Waals surface area contributed by atoms with Crippen LogP contribution in [0.1, 0.15) is 0 Å². The third-order valence-electron chi connectivity index (χ3n) is 2.25. The number of hydrogen-bond acceptors (Lipinski definition) is 5. The summed E-state index contributed by atoms with van der Waals surface area (Å²) >= 11 is 1.60. The van der Waals surface area contributed by atoms with E-state index >= 15 is 0 Å². The molecule has 0 bridgehead atoms. The Hall–Kier alpha value is -1.95. The molecule has 0 aliphatic heterocycles. The summed E-state index contributed by atoms with van der Waals surface area (Å²) in [5, 5.41) is 10.2. The summed E-state index contributed by atoms with van der Waals surface area (Å²) in [6.07, 6.45) is 3.61. The molecule has 0 saturated heterocycles. The number of nitrogens with one attached hydrogen (secondary N) is 1. The van der Waals surface area contributed by atoms with E-state index in [2.05, 4.69) is 20.4 Å². The Kier molecular flexibility index (Phi) is 2.07. The van der Waals surface area contributed by atoms with Crippen molar-refractivity contribution in [1.29, 1.82) is 0 Å². The topological polar surface area (TPSA) is 55.6 Å². The molecule has 5 nitrogen and oxygen atoms in total. The van der Waals surface area contributed by atoms with Crippen molar-refractivity contribution in [1.82, 2.24) is 19.7 Å². The Bertz CT molecular complexity index is 613. The first kappa shape index (κ1) is 9.29. The van der Waals surface area contributed by atoms with E-state index in [0.29, 0.717) is 5.95 Å². The molecule has 3 aromatic heterocycles. The fourth-order valence-electron chi connectivity index (χ4n) is 1.52. The van der Waals surface area contributed by atoms with Crippen LogP contribution in [-0.4, -0.2) is 26.8 Å². The third kappa shape index (κ3) is 1.35. The van der Waals surface area contributed by atoms with Crippen LogP contribution in [0.3, 0.4) is 0 Å². The van der Waals surface area contributed by atoms with Gasteiger partial charge in [-0.2, -0.15) is 10.1 Å². The van der Waals surface area contributed by atoms with E-state index < -0.39 is 0 Å². The van der Waals surface area contributed by atoms with Gasteiger partial charge in [0.15, 0.2) is 5.82 Å². The molecule has 1 N–H and O–H groups in total. The maximum atomic E-state index is 4.42. The molecule has 0 spiro atoms. The molecule has 0 radical (unpaired) electrons. The van der Waals surface area contributed by atoms with Crippen LogP contribution >= 0.6 is 11.3 Å². The number of thiophene rings is 1. The van der Waals surface area contributed by atoms with E-state index in [1.807, 2.05) is 30.8 Å². The molecule has 3 aromatic rings. The molecular weight excluding hydrogens is 222 g/mol. The zero-order valence-corrected chi connectivity index (χ0v) is 9.40. The van der Waals surface area contributed by atoms with Gasteiger partial charge in [0.1, 0.15) is 4.83 Å². The second-order valence-electron chi connectivity index (χ2n) is 3.21. The van der Waals surface area contributed by atoms with E-state index in [0.717, 1.165) is 16.0 Å². The largest absolute Gasteiger partial charge is 0.357 e. The van der Waals surface area contributed by atoms with Crippen molar-refractivity contribution in [3.63, 3.8) is 0 Å². The molecule has 0 aliphatic carbocycles. The molecular formula is C10H9N5S. The Morgan fingerprint density at radius 3 is 3.06 bits per heavy atom. The summed E-state index contributed by atoms with van der Waals surface area (Å²) in [6, 6.07) is 3.88. The highest BCUT2D eigenvalue weighted by molar-refractivity contribution is 7.16. The van der Waals surface area contributed by atoms with Crippen LogP contribution in [0.5, 0.6) is 0 Å². The van der Waals surface area contributed by atoms with E-state index in [-0.39, 0.29) is 0 Å². The Morgan fingerprint density at radius 1 is 1.38 bits per heavy atom. The fraction of sp³-hybridized carbons (Fsp3) is 0.100. The van der Waals surface area contributed by atoms with Crippen molar-refractivity contribution in [2.45, 2.75) is 0 Å². The highest BCUT2D eigenvalue weighted by atomic mass is 32.1. The first-order valence-electron chi connectivity index (χ1n) is 4.81. The summed E-state index contributed by atoms with van der Waals surface area (Å²) in [4.78, 5) is 9.76. The number of hydrogen-bond donors (Lipinski definition) is 1. The van der Waals surface area contributed by atoms with Crippen LogP contribution in [0.4, 0.5) is 5.95 Å². The second kappa shape index (κ2) is 3.57. The van der Waals surface area contributed by atoms with Crippen LogP contribution in [-0.2, 0) is 0 Å². The summed E-state index contributed by atoms with van der Waals surface area (Å²) in [7, 11) is 1.81. The van der Waals surface area contributed by atoms with Gasteiger partial charge in [0.2, 0.25) is 5.95 Å². The lowest BCUT2D eigenvalue weighted by Gasteiger charge is -2.04. The van der Waals surface area contributed by atoms with E-state index in [9.17, 15) is 0 Å². The zero-order valence-electron chi connectivity index (χ0n) is 8.58. The summed E-state index contributed by atoms with van der Waals surface area (Å²) in [6.45, 7) is 0. The minimum absolute atomic E-state index is 0.612. The fourth-order valence-corrected chi connectivity index (χ4v) is 2.28. The predicted molar refractivity (Wildman–Crippen MR) is 64.1 cm³/mol. The molecule has 3 rings (SSSR count). The van der Waals surface area contributed by atoms with Gasteiger partial charge in [0.05, 0.1) is 5.39 Å². The number of aromatic nitrogens is 4. The summed E-state index contributed by atoms with van der Waals surface area (Å²) < 4.78 is 1.75. The first-order valence-corrected chi connectivity index (χ1v) is 5.69. The molecule has 0 atom stereocenters. The average Bonchev–Trinajstić information content (AvgIpc) is 2.98. The quantitative estimate of drug-likeness (QED) is 0.732. The van der Waals surface area contributed by atoms with Crippen LogP contribution in [0.25, 0.3) is 16.0 Å². The number of rotatable bonds is 2. The van der Waals surface area contributed by atoms with Crippen molar-refractivity contribution >= 4 is 27.5 Å². The summed E-state index contributed by atoms with van der Waals surface area (Å²) in [5.41, 5.74) is 0. The number of nitrogens with zero attached hydrogens (tertiary/aromatic N) is 4. The second-order valence-corrected chi connectivity index (χ2v) is 4.11. The Morgan fingerprint density at radius 2 is 2.31 bits per heavy atom. The van der Waals surface area contributed by atoms with Gasteiger partial charge in [-0.15, -0.1) is 11.3 Å². The molecule has 0 saturated carbocycles. The van der Waals surface area contributed by atoms with Gasteiger partial charge in [-0.05, 0) is 17.5 Å². The van der Waals surface area contributed by atoms with Gasteiger partial charge in [-0.1, -0.05) is 0 Å². The van der Waals surface area contributed by atoms with Crippen LogP contribution in [0.15, 0.2) is 29.9 Å². The SMILES string of the molecule is CNc1nc(-n2cccn2)c2ccsc2n1. The maximum absolute atomic E-state index is 4.42. The van der Waals surface area contributed by atoms with Gasteiger partial charge in [-0.25, -0.2) is 9.67 Å². The maximum Gasteiger partial charge on any atom is 0.225 e. The normalized spacial score (nSPS) is 10.8. The van der Waals surface area contributed by atoms with Crippen molar-refractivity contribution in [3.05, 3.63) is 29.9 Å². The molecule has 6 heteroatoms. The van der Waals surface area contributed by atoms with E-state index in [1.165, 1.54) is 0 Å². The number of anilines is 1. The average molecular weight is 231 g/mol. The molecule has 0 fully saturated rings. The zero-order chi connectivity index (χ0) is 11.0. The highest BCUT2D eigenvalue weighted by Crippen LogP contribution is 2.24. The van der Waals surface area contributed by atoms with Crippen molar-refractivity contribution < 1.29 is 0 Å². The minimum atomic E-state index is 0.612. The van der Waals surface area contributed by atoms with Gasteiger partial charge in [0, 0.05) is 19.4 Å². The lowest BCUT2D eigenvalue weighted by molar-refractivity contribution is 0.853. The molecule has 3 heterocycles. The van der Waals surface area contributed by atoms with Crippen molar-refractivity contribution in [2.75, 3.05) is 12.4 Å². The molecule has 0 aliphatic rings. The smallest absolute Gasteiger partial charge is 0.225 e. The minimum Gasteiger partial charge on any atom is -0.357 e. The van der Waals surface area contributed by atoms with Crippen LogP contribution in [0.2, 0.25) is 0 Å². The number of fused-ring (bicyclic) bond motifs is 1. The molecule has 0 aromatic carbocycles. The molecule has 16 heavy (non-hydrogen) atoms.